The van der Waals surface area contributed by atoms with Crippen LogP contribution in [-0.2, 0) is 6.54 Å². The van der Waals surface area contributed by atoms with Crippen LogP contribution >= 0.6 is 0 Å². The van der Waals surface area contributed by atoms with Crippen molar-refractivity contribution in [2.75, 3.05) is 18.0 Å². The first-order chi connectivity index (χ1) is 9.77. The van der Waals surface area contributed by atoms with Crippen LogP contribution in [0.1, 0.15) is 25.0 Å². The van der Waals surface area contributed by atoms with E-state index < -0.39 is 0 Å². The van der Waals surface area contributed by atoms with Gasteiger partial charge in [-0.25, -0.2) is 0 Å². The number of nitrogens with zero attached hydrogens (tertiary/aromatic N) is 1. The second-order valence-electron chi connectivity index (χ2n) is 4.94. The lowest BCUT2D eigenvalue weighted by atomic mass is 10.1. The van der Waals surface area contributed by atoms with Crippen molar-refractivity contribution >= 4 is 11.4 Å². The Labute approximate surface area is 122 Å². The minimum absolute atomic E-state index is 0.912. The summed E-state index contributed by atoms with van der Waals surface area (Å²) in [5, 5.41) is 3.42. The Morgan fingerprint density at radius 1 is 0.900 bits per heavy atom. The number of rotatable bonds is 6. The van der Waals surface area contributed by atoms with E-state index in [1.807, 2.05) is 0 Å². The SMILES string of the molecule is CCNCc1ccccc1N(CC)c1ccccc1C. The molecule has 0 saturated heterocycles. The van der Waals surface area contributed by atoms with E-state index in [9.17, 15) is 0 Å². The largest absolute Gasteiger partial charge is 0.341 e. The Morgan fingerprint density at radius 2 is 1.55 bits per heavy atom. The van der Waals surface area contributed by atoms with Gasteiger partial charge in [-0.05, 0) is 43.7 Å². The molecule has 106 valence electrons. The van der Waals surface area contributed by atoms with E-state index in [-0.39, 0.29) is 0 Å². The van der Waals surface area contributed by atoms with Crippen molar-refractivity contribution in [3.63, 3.8) is 0 Å². The second kappa shape index (κ2) is 7.11. The number of nitrogens with one attached hydrogen (secondary N) is 1. The average Bonchev–Trinajstić information content (AvgIpc) is 2.49. The van der Waals surface area contributed by atoms with Crippen molar-refractivity contribution < 1.29 is 0 Å². The van der Waals surface area contributed by atoms with Crippen LogP contribution in [-0.4, -0.2) is 13.1 Å². The highest BCUT2D eigenvalue weighted by atomic mass is 15.1. The summed E-state index contributed by atoms with van der Waals surface area (Å²) in [6.07, 6.45) is 0. The molecule has 0 fully saturated rings. The summed E-state index contributed by atoms with van der Waals surface area (Å²) in [5.41, 5.74) is 5.25. The molecule has 0 heterocycles. The minimum atomic E-state index is 0.912. The molecule has 0 amide bonds. The summed E-state index contributed by atoms with van der Waals surface area (Å²) in [6.45, 7) is 9.39. The molecule has 0 bridgehead atoms. The lowest BCUT2D eigenvalue weighted by Gasteiger charge is -2.27. The highest BCUT2D eigenvalue weighted by Gasteiger charge is 2.12. The Kier molecular flexibility index (Phi) is 5.19. The maximum absolute atomic E-state index is 3.42. The van der Waals surface area contributed by atoms with Crippen molar-refractivity contribution in [2.45, 2.75) is 27.3 Å². The topological polar surface area (TPSA) is 15.3 Å². The predicted octanol–water partition coefficient (Wildman–Crippen LogP) is 4.26. The normalized spacial score (nSPS) is 10.6. The third-order valence-corrected chi connectivity index (χ3v) is 3.57. The molecule has 2 aromatic carbocycles. The van der Waals surface area contributed by atoms with Crippen LogP contribution in [0.4, 0.5) is 11.4 Å². The first-order valence-corrected chi connectivity index (χ1v) is 7.39. The molecule has 0 unspecified atom stereocenters. The fraction of sp³-hybridized carbons (Fsp3) is 0.333. The number of hydrogen-bond acceptors (Lipinski definition) is 2. The molecule has 2 rings (SSSR count). The van der Waals surface area contributed by atoms with Crippen molar-refractivity contribution in [1.29, 1.82) is 0 Å². The summed E-state index contributed by atoms with van der Waals surface area (Å²) in [4.78, 5) is 2.39. The van der Waals surface area contributed by atoms with E-state index in [4.69, 9.17) is 0 Å². The van der Waals surface area contributed by atoms with Crippen molar-refractivity contribution in [2.24, 2.45) is 0 Å². The molecule has 0 atom stereocenters. The quantitative estimate of drug-likeness (QED) is 0.842. The smallest absolute Gasteiger partial charge is 0.0456 e. The standard InChI is InChI=1S/C18H24N2/c1-4-19-14-16-11-7-9-13-18(16)20(5-2)17-12-8-6-10-15(17)3/h6-13,19H,4-5,14H2,1-3H3. The van der Waals surface area contributed by atoms with E-state index in [1.165, 1.54) is 22.5 Å². The average molecular weight is 268 g/mol. The third kappa shape index (κ3) is 3.20. The molecule has 0 aromatic heterocycles. The number of anilines is 2. The Bertz CT molecular complexity index is 549. The molecule has 2 heteroatoms. The van der Waals surface area contributed by atoms with Crippen molar-refractivity contribution in [1.82, 2.24) is 5.32 Å². The number of para-hydroxylation sites is 2. The monoisotopic (exact) mass is 268 g/mol. The van der Waals surface area contributed by atoms with Gasteiger partial charge < -0.3 is 10.2 Å². The van der Waals surface area contributed by atoms with E-state index in [0.717, 1.165) is 19.6 Å². The zero-order chi connectivity index (χ0) is 14.4. The summed E-state index contributed by atoms with van der Waals surface area (Å²) in [7, 11) is 0. The summed E-state index contributed by atoms with van der Waals surface area (Å²) >= 11 is 0. The predicted molar refractivity (Wildman–Crippen MR) is 87.7 cm³/mol. The van der Waals surface area contributed by atoms with Gasteiger partial charge in [0.15, 0.2) is 0 Å². The van der Waals surface area contributed by atoms with Crippen LogP contribution in [0.3, 0.4) is 0 Å². The molecule has 0 aliphatic heterocycles. The van der Waals surface area contributed by atoms with Crippen molar-refractivity contribution in [3.05, 3.63) is 59.7 Å². The van der Waals surface area contributed by atoms with Crippen LogP contribution in [0.15, 0.2) is 48.5 Å². The van der Waals surface area contributed by atoms with Gasteiger partial charge in [0.05, 0.1) is 0 Å². The maximum Gasteiger partial charge on any atom is 0.0456 e. The Balaban J connectivity index is 2.39. The van der Waals surface area contributed by atoms with Gasteiger partial charge in [0.1, 0.15) is 0 Å². The van der Waals surface area contributed by atoms with E-state index in [2.05, 4.69) is 79.5 Å². The lowest BCUT2D eigenvalue weighted by Crippen LogP contribution is -2.21. The highest BCUT2D eigenvalue weighted by Crippen LogP contribution is 2.30. The van der Waals surface area contributed by atoms with Gasteiger partial charge in [0.2, 0.25) is 0 Å². The summed E-state index contributed by atoms with van der Waals surface area (Å²) in [5.74, 6) is 0. The molecule has 0 aliphatic carbocycles. The van der Waals surface area contributed by atoms with Crippen LogP contribution < -0.4 is 10.2 Å². The molecule has 2 nitrogen and oxygen atoms in total. The molecule has 2 aromatic rings. The van der Waals surface area contributed by atoms with Gasteiger partial charge >= 0.3 is 0 Å². The molecule has 0 saturated carbocycles. The fourth-order valence-electron chi connectivity index (χ4n) is 2.52. The van der Waals surface area contributed by atoms with Gasteiger partial charge in [-0.2, -0.15) is 0 Å². The second-order valence-corrected chi connectivity index (χ2v) is 4.94. The first-order valence-electron chi connectivity index (χ1n) is 7.39. The molecular formula is C18H24N2. The molecule has 0 radical (unpaired) electrons. The van der Waals surface area contributed by atoms with Crippen LogP contribution in [0.2, 0.25) is 0 Å². The van der Waals surface area contributed by atoms with Gasteiger partial charge in [-0.3, -0.25) is 0 Å². The Morgan fingerprint density at radius 3 is 2.20 bits per heavy atom. The zero-order valence-corrected chi connectivity index (χ0v) is 12.7. The number of aryl methyl sites for hydroxylation is 1. The molecule has 0 aliphatic rings. The zero-order valence-electron chi connectivity index (χ0n) is 12.7. The van der Waals surface area contributed by atoms with E-state index in [0.29, 0.717) is 0 Å². The summed E-state index contributed by atoms with van der Waals surface area (Å²) in [6, 6.07) is 17.2. The fourth-order valence-corrected chi connectivity index (χ4v) is 2.52. The van der Waals surface area contributed by atoms with Crippen LogP contribution in [0, 0.1) is 6.92 Å². The minimum Gasteiger partial charge on any atom is -0.341 e. The van der Waals surface area contributed by atoms with Gasteiger partial charge in [-0.1, -0.05) is 43.3 Å². The third-order valence-electron chi connectivity index (χ3n) is 3.57. The van der Waals surface area contributed by atoms with Gasteiger partial charge in [0, 0.05) is 24.5 Å². The molecule has 0 spiro atoms. The highest BCUT2D eigenvalue weighted by molar-refractivity contribution is 5.68. The molecule has 20 heavy (non-hydrogen) atoms. The lowest BCUT2D eigenvalue weighted by molar-refractivity contribution is 0.725. The van der Waals surface area contributed by atoms with E-state index in [1.54, 1.807) is 0 Å². The van der Waals surface area contributed by atoms with Gasteiger partial charge in [-0.15, -0.1) is 0 Å². The summed E-state index contributed by atoms with van der Waals surface area (Å²) < 4.78 is 0. The molecule has 1 N–H and O–H groups in total. The molecular weight excluding hydrogens is 244 g/mol. The van der Waals surface area contributed by atoms with Crippen LogP contribution in [0.25, 0.3) is 0 Å². The van der Waals surface area contributed by atoms with Gasteiger partial charge in [0.25, 0.3) is 0 Å². The Hall–Kier alpha value is -1.80. The maximum atomic E-state index is 3.42. The van der Waals surface area contributed by atoms with E-state index >= 15 is 0 Å². The van der Waals surface area contributed by atoms with Crippen LogP contribution in [0.5, 0.6) is 0 Å². The number of benzene rings is 2. The number of hydrogen-bond donors (Lipinski definition) is 1. The first kappa shape index (κ1) is 14.6. The van der Waals surface area contributed by atoms with Crippen molar-refractivity contribution in [3.8, 4) is 0 Å².